The molecule has 0 aliphatic carbocycles. The standard InChI is InChI=1S/C25H25N3O2/c1-18(19-7-3-2-4-8-19)27-25(30)21-11-13-22(14-12-21)26-17-24(29)28-16-15-20-9-5-6-10-23(20)28/h2-14,18,26H,15-17H2,1H3,(H,27,30). The number of hydrogen-bond donors (Lipinski definition) is 2. The number of anilines is 2. The molecule has 5 heteroatoms. The van der Waals surface area contributed by atoms with Gasteiger partial charge in [-0.25, -0.2) is 0 Å². The van der Waals surface area contributed by atoms with Crippen LogP contribution in [0.25, 0.3) is 0 Å². The van der Waals surface area contributed by atoms with E-state index in [-0.39, 0.29) is 24.4 Å². The van der Waals surface area contributed by atoms with Crippen LogP contribution in [0.2, 0.25) is 0 Å². The number of nitrogens with one attached hydrogen (secondary N) is 2. The number of carbonyl (C=O) groups is 2. The van der Waals surface area contributed by atoms with E-state index >= 15 is 0 Å². The normalized spacial score (nSPS) is 13.4. The lowest BCUT2D eigenvalue weighted by Crippen LogP contribution is -2.34. The van der Waals surface area contributed by atoms with Crippen LogP contribution in [0, 0.1) is 0 Å². The molecule has 1 atom stereocenters. The van der Waals surface area contributed by atoms with Crippen molar-refractivity contribution in [1.82, 2.24) is 5.32 Å². The summed E-state index contributed by atoms with van der Waals surface area (Å²) in [6.07, 6.45) is 0.896. The Morgan fingerprint density at radius 3 is 2.40 bits per heavy atom. The first kappa shape index (κ1) is 19.7. The highest BCUT2D eigenvalue weighted by Crippen LogP contribution is 2.27. The number of benzene rings is 3. The van der Waals surface area contributed by atoms with E-state index in [1.54, 1.807) is 12.1 Å². The monoisotopic (exact) mass is 399 g/mol. The third-order valence-electron chi connectivity index (χ3n) is 5.43. The van der Waals surface area contributed by atoms with Gasteiger partial charge in [0.15, 0.2) is 0 Å². The molecule has 3 aromatic carbocycles. The number of hydrogen-bond acceptors (Lipinski definition) is 3. The molecule has 0 saturated heterocycles. The molecule has 5 nitrogen and oxygen atoms in total. The fraction of sp³-hybridized carbons (Fsp3) is 0.200. The van der Waals surface area contributed by atoms with Gasteiger partial charge in [-0.1, -0.05) is 48.5 Å². The molecule has 1 aliphatic heterocycles. The second-order valence-corrected chi connectivity index (χ2v) is 7.46. The van der Waals surface area contributed by atoms with Gasteiger partial charge in [0.05, 0.1) is 12.6 Å². The Bertz CT molecular complexity index is 1030. The first-order chi connectivity index (χ1) is 14.6. The predicted molar refractivity (Wildman–Crippen MR) is 120 cm³/mol. The van der Waals surface area contributed by atoms with Crippen LogP contribution in [0.3, 0.4) is 0 Å². The summed E-state index contributed by atoms with van der Waals surface area (Å²) in [5, 5.41) is 6.17. The van der Waals surface area contributed by atoms with Crippen molar-refractivity contribution in [3.63, 3.8) is 0 Å². The van der Waals surface area contributed by atoms with Crippen LogP contribution in [-0.2, 0) is 11.2 Å². The first-order valence-electron chi connectivity index (χ1n) is 10.2. The van der Waals surface area contributed by atoms with Crippen molar-refractivity contribution in [2.75, 3.05) is 23.3 Å². The second-order valence-electron chi connectivity index (χ2n) is 7.46. The van der Waals surface area contributed by atoms with Crippen LogP contribution in [0.15, 0.2) is 78.9 Å². The third kappa shape index (κ3) is 4.35. The van der Waals surface area contributed by atoms with Gasteiger partial charge in [-0.2, -0.15) is 0 Å². The average molecular weight is 399 g/mol. The summed E-state index contributed by atoms with van der Waals surface area (Å²) in [5.41, 5.74) is 4.67. The minimum atomic E-state index is -0.123. The summed E-state index contributed by atoms with van der Waals surface area (Å²) < 4.78 is 0. The summed E-state index contributed by atoms with van der Waals surface area (Å²) in [6, 6.07) is 25.0. The van der Waals surface area contributed by atoms with Crippen LogP contribution in [0.1, 0.15) is 34.5 Å². The van der Waals surface area contributed by atoms with E-state index in [2.05, 4.69) is 16.7 Å². The zero-order valence-electron chi connectivity index (χ0n) is 17.0. The molecule has 0 aromatic heterocycles. The van der Waals surface area contributed by atoms with Crippen LogP contribution in [0.5, 0.6) is 0 Å². The smallest absolute Gasteiger partial charge is 0.251 e. The van der Waals surface area contributed by atoms with E-state index in [9.17, 15) is 9.59 Å². The van der Waals surface area contributed by atoms with Gasteiger partial charge in [0.1, 0.15) is 0 Å². The maximum Gasteiger partial charge on any atom is 0.251 e. The van der Waals surface area contributed by atoms with E-state index in [0.29, 0.717) is 5.56 Å². The molecule has 152 valence electrons. The van der Waals surface area contributed by atoms with E-state index in [0.717, 1.165) is 29.9 Å². The van der Waals surface area contributed by atoms with Crippen molar-refractivity contribution in [2.24, 2.45) is 0 Å². The third-order valence-corrected chi connectivity index (χ3v) is 5.43. The number of carbonyl (C=O) groups excluding carboxylic acids is 2. The van der Waals surface area contributed by atoms with E-state index < -0.39 is 0 Å². The Balaban J connectivity index is 1.32. The highest BCUT2D eigenvalue weighted by atomic mass is 16.2. The predicted octanol–water partition coefficient (Wildman–Crippen LogP) is 4.18. The molecular formula is C25H25N3O2. The lowest BCUT2D eigenvalue weighted by atomic mass is 10.1. The van der Waals surface area contributed by atoms with Crippen molar-refractivity contribution in [1.29, 1.82) is 0 Å². The van der Waals surface area contributed by atoms with E-state index in [1.165, 1.54) is 5.56 Å². The van der Waals surface area contributed by atoms with E-state index in [4.69, 9.17) is 0 Å². The first-order valence-corrected chi connectivity index (χ1v) is 10.2. The molecule has 1 aliphatic rings. The van der Waals surface area contributed by atoms with Gasteiger partial charge < -0.3 is 15.5 Å². The van der Waals surface area contributed by atoms with Gasteiger partial charge in [-0.15, -0.1) is 0 Å². The summed E-state index contributed by atoms with van der Waals surface area (Å²) in [4.78, 5) is 26.9. The van der Waals surface area contributed by atoms with Crippen molar-refractivity contribution in [3.8, 4) is 0 Å². The number of nitrogens with zero attached hydrogens (tertiary/aromatic N) is 1. The Morgan fingerprint density at radius 2 is 1.63 bits per heavy atom. The molecule has 0 bridgehead atoms. The molecule has 0 saturated carbocycles. The minimum absolute atomic E-state index is 0.0402. The van der Waals surface area contributed by atoms with Gasteiger partial charge in [0.2, 0.25) is 5.91 Å². The van der Waals surface area contributed by atoms with Gasteiger partial charge in [0.25, 0.3) is 5.91 Å². The summed E-state index contributed by atoms with van der Waals surface area (Å²) in [5.74, 6) is -0.0823. The van der Waals surface area contributed by atoms with Crippen molar-refractivity contribution in [3.05, 3.63) is 95.6 Å². The minimum Gasteiger partial charge on any atom is -0.376 e. The molecule has 0 fully saturated rings. The highest BCUT2D eigenvalue weighted by molar-refractivity contribution is 5.98. The molecule has 3 aromatic rings. The summed E-state index contributed by atoms with van der Waals surface area (Å²) in [7, 11) is 0. The quantitative estimate of drug-likeness (QED) is 0.654. The largest absolute Gasteiger partial charge is 0.376 e. The SMILES string of the molecule is CC(NC(=O)c1ccc(NCC(=O)N2CCc3ccccc32)cc1)c1ccccc1. The molecule has 4 rings (SSSR count). The molecule has 1 unspecified atom stereocenters. The van der Waals surface area contributed by atoms with Gasteiger partial charge in [-0.05, 0) is 54.8 Å². The van der Waals surface area contributed by atoms with Gasteiger partial charge in [-0.3, -0.25) is 9.59 Å². The van der Waals surface area contributed by atoms with Gasteiger partial charge >= 0.3 is 0 Å². The number of amides is 2. The zero-order valence-corrected chi connectivity index (χ0v) is 17.0. The number of fused-ring (bicyclic) bond motifs is 1. The van der Waals surface area contributed by atoms with Crippen molar-refractivity contribution >= 4 is 23.2 Å². The van der Waals surface area contributed by atoms with Crippen molar-refractivity contribution < 1.29 is 9.59 Å². The Morgan fingerprint density at radius 1 is 0.933 bits per heavy atom. The number of para-hydroxylation sites is 1. The molecule has 0 spiro atoms. The second kappa shape index (κ2) is 8.82. The Kier molecular flexibility index (Phi) is 5.80. The van der Waals surface area contributed by atoms with Crippen molar-refractivity contribution in [2.45, 2.75) is 19.4 Å². The van der Waals surface area contributed by atoms with Crippen LogP contribution >= 0.6 is 0 Å². The fourth-order valence-corrected chi connectivity index (χ4v) is 3.71. The zero-order chi connectivity index (χ0) is 20.9. The highest BCUT2D eigenvalue weighted by Gasteiger charge is 2.23. The molecule has 2 N–H and O–H groups in total. The summed E-state index contributed by atoms with van der Waals surface area (Å²) in [6.45, 7) is 2.90. The molecular weight excluding hydrogens is 374 g/mol. The van der Waals surface area contributed by atoms with Crippen LogP contribution in [0.4, 0.5) is 11.4 Å². The maximum absolute atomic E-state index is 12.6. The summed E-state index contributed by atoms with van der Waals surface area (Å²) >= 11 is 0. The lowest BCUT2D eigenvalue weighted by molar-refractivity contribution is -0.116. The maximum atomic E-state index is 12.6. The van der Waals surface area contributed by atoms with Crippen LogP contribution in [-0.4, -0.2) is 24.9 Å². The van der Waals surface area contributed by atoms with Gasteiger partial charge in [0, 0.05) is 23.5 Å². The molecule has 30 heavy (non-hydrogen) atoms. The molecule has 0 radical (unpaired) electrons. The Labute approximate surface area is 176 Å². The Hall–Kier alpha value is -3.60. The topological polar surface area (TPSA) is 61.4 Å². The molecule has 1 heterocycles. The average Bonchev–Trinajstić information content (AvgIpc) is 3.22. The lowest BCUT2D eigenvalue weighted by Gasteiger charge is -2.18. The van der Waals surface area contributed by atoms with E-state index in [1.807, 2.05) is 72.5 Å². The molecule has 2 amide bonds. The van der Waals surface area contributed by atoms with Crippen LogP contribution < -0.4 is 15.5 Å². The fourth-order valence-electron chi connectivity index (χ4n) is 3.71. The number of rotatable bonds is 6.